The minimum atomic E-state index is -1.66. The lowest BCUT2D eigenvalue weighted by Gasteiger charge is -2.44. The zero-order valence-corrected chi connectivity index (χ0v) is 24.8. The Morgan fingerprint density at radius 2 is 1.71 bits per heavy atom. The van der Waals surface area contributed by atoms with E-state index >= 15 is 0 Å². The summed E-state index contributed by atoms with van der Waals surface area (Å²) < 4.78 is 17.8. The Morgan fingerprint density at radius 3 is 2.20 bits per heavy atom. The van der Waals surface area contributed by atoms with E-state index in [0.29, 0.717) is 19.1 Å². The van der Waals surface area contributed by atoms with Gasteiger partial charge >= 0.3 is 11.9 Å². The standard InChI is InChI=1S/C28H50O6Si/c1-19-11-12-21(22(25(30)31)15-24(29)34-26(2,3)4)23(16-35(8,9)10)20(19)13-14-28(7)32-17-27(5,6)18-33-28/h16,19-22H,11-15,17-18H2,1-10H3,(H,30,31)/b23-16+/t19-,20+,21+,22-/m1/s1. The maximum absolute atomic E-state index is 12.7. The van der Waals surface area contributed by atoms with Crippen LogP contribution in [0.3, 0.4) is 0 Å². The van der Waals surface area contributed by atoms with Crippen molar-refractivity contribution in [2.75, 3.05) is 13.2 Å². The Labute approximate surface area is 214 Å². The highest BCUT2D eigenvalue weighted by Crippen LogP contribution is 2.47. The molecule has 1 aliphatic heterocycles. The van der Waals surface area contributed by atoms with Crippen LogP contribution >= 0.6 is 0 Å². The molecule has 1 heterocycles. The summed E-state index contributed by atoms with van der Waals surface area (Å²) in [5, 5.41) is 10.2. The first-order valence-corrected chi connectivity index (χ1v) is 16.8. The third-order valence-electron chi connectivity index (χ3n) is 7.13. The van der Waals surface area contributed by atoms with E-state index in [9.17, 15) is 14.7 Å². The number of carbonyl (C=O) groups is 2. The fourth-order valence-electron chi connectivity index (χ4n) is 5.32. The van der Waals surface area contributed by atoms with Gasteiger partial charge in [0.1, 0.15) is 5.60 Å². The molecule has 2 rings (SSSR count). The van der Waals surface area contributed by atoms with E-state index in [2.05, 4.69) is 46.1 Å². The number of carbonyl (C=O) groups excluding carboxylic acids is 1. The molecule has 0 unspecified atom stereocenters. The summed E-state index contributed by atoms with van der Waals surface area (Å²) in [5.41, 5.74) is 3.02. The molecule has 0 spiro atoms. The zero-order valence-electron chi connectivity index (χ0n) is 23.8. The highest BCUT2D eigenvalue weighted by atomic mass is 28.3. The Balaban J connectivity index is 2.30. The average molecular weight is 511 g/mol. The molecule has 0 radical (unpaired) electrons. The van der Waals surface area contributed by atoms with Crippen LogP contribution in [0, 0.1) is 29.1 Å². The van der Waals surface area contributed by atoms with Gasteiger partial charge in [-0.1, -0.05) is 51.7 Å². The molecule has 1 aliphatic carbocycles. The maximum atomic E-state index is 12.7. The smallest absolute Gasteiger partial charge is 0.307 e. The van der Waals surface area contributed by atoms with Crippen molar-refractivity contribution in [3.05, 3.63) is 11.3 Å². The topological polar surface area (TPSA) is 82.1 Å². The molecule has 7 heteroatoms. The molecule has 0 amide bonds. The Morgan fingerprint density at radius 1 is 1.14 bits per heavy atom. The Hall–Kier alpha value is -1.18. The van der Waals surface area contributed by atoms with Crippen LogP contribution in [0.1, 0.15) is 80.6 Å². The molecule has 4 atom stereocenters. The van der Waals surface area contributed by atoms with Crippen molar-refractivity contribution in [3.63, 3.8) is 0 Å². The van der Waals surface area contributed by atoms with Crippen LogP contribution in [-0.4, -0.2) is 49.7 Å². The first-order chi connectivity index (χ1) is 15.8. The molecule has 0 aromatic carbocycles. The summed E-state index contributed by atoms with van der Waals surface area (Å²) in [4.78, 5) is 25.1. The molecule has 6 nitrogen and oxygen atoms in total. The number of hydrogen-bond acceptors (Lipinski definition) is 5. The second-order valence-electron chi connectivity index (χ2n) is 13.9. The van der Waals surface area contributed by atoms with E-state index in [1.54, 1.807) is 0 Å². The van der Waals surface area contributed by atoms with Gasteiger partial charge in [-0.25, -0.2) is 0 Å². The van der Waals surface area contributed by atoms with Crippen LogP contribution in [0.25, 0.3) is 0 Å². The van der Waals surface area contributed by atoms with Crippen molar-refractivity contribution in [1.29, 1.82) is 0 Å². The first kappa shape index (κ1) is 30.0. The minimum Gasteiger partial charge on any atom is -0.481 e. The number of carboxylic acids is 1. The van der Waals surface area contributed by atoms with Gasteiger partial charge in [0.2, 0.25) is 0 Å². The van der Waals surface area contributed by atoms with Crippen molar-refractivity contribution in [2.45, 2.75) is 112 Å². The maximum Gasteiger partial charge on any atom is 0.307 e. The molecule has 1 N–H and O–H groups in total. The normalized spacial score (nSPS) is 29.0. The zero-order chi connectivity index (χ0) is 26.8. The number of carboxylic acid groups (broad SMARTS) is 1. The van der Waals surface area contributed by atoms with Crippen LogP contribution in [0.15, 0.2) is 11.3 Å². The number of rotatable bonds is 8. The first-order valence-electron chi connectivity index (χ1n) is 13.3. The molecule has 1 saturated heterocycles. The summed E-state index contributed by atoms with van der Waals surface area (Å²) in [6.45, 7) is 22.2. The fraction of sp³-hybridized carbons (Fsp3) is 0.857. The van der Waals surface area contributed by atoms with E-state index in [1.165, 1.54) is 5.57 Å². The second kappa shape index (κ2) is 11.1. The second-order valence-corrected chi connectivity index (χ2v) is 18.9. The summed E-state index contributed by atoms with van der Waals surface area (Å²) in [6, 6.07) is 0. The molecular weight excluding hydrogens is 460 g/mol. The fourth-order valence-corrected chi connectivity index (χ4v) is 6.75. The summed E-state index contributed by atoms with van der Waals surface area (Å²) in [5.74, 6) is -2.22. The van der Waals surface area contributed by atoms with Gasteiger partial charge in [0.15, 0.2) is 5.79 Å². The third-order valence-corrected chi connectivity index (χ3v) is 8.33. The molecule has 0 aromatic heterocycles. The lowest BCUT2D eigenvalue weighted by Crippen LogP contribution is -2.46. The van der Waals surface area contributed by atoms with E-state index in [0.717, 1.165) is 25.7 Å². The monoisotopic (exact) mass is 510 g/mol. The van der Waals surface area contributed by atoms with E-state index in [4.69, 9.17) is 14.2 Å². The molecule has 0 bridgehead atoms. The third kappa shape index (κ3) is 9.32. The van der Waals surface area contributed by atoms with Crippen molar-refractivity contribution < 1.29 is 28.9 Å². The van der Waals surface area contributed by atoms with Crippen molar-refractivity contribution in [3.8, 4) is 0 Å². The van der Waals surface area contributed by atoms with E-state index < -0.39 is 37.3 Å². The predicted octanol–water partition coefficient (Wildman–Crippen LogP) is 6.45. The van der Waals surface area contributed by atoms with Crippen LogP contribution in [-0.2, 0) is 23.8 Å². The van der Waals surface area contributed by atoms with Crippen molar-refractivity contribution in [2.24, 2.45) is 29.1 Å². The van der Waals surface area contributed by atoms with Crippen LogP contribution in [0.4, 0.5) is 0 Å². The molecule has 202 valence electrons. The van der Waals surface area contributed by atoms with Crippen LogP contribution in [0.5, 0.6) is 0 Å². The van der Waals surface area contributed by atoms with Gasteiger partial charge in [-0.2, -0.15) is 0 Å². The summed E-state index contributed by atoms with van der Waals surface area (Å²) in [7, 11) is -1.66. The number of allylic oxidation sites excluding steroid dienone is 1. The Kier molecular flexibility index (Phi) is 9.49. The average Bonchev–Trinajstić information content (AvgIpc) is 2.66. The predicted molar refractivity (Wildman–Crippen MR) is 142 cm³/mol. The molecule has 2 aliphatic rings. The van der Waals surface area contributed by atoms with E-state index in [-0.39, 0.29) is 23.7 Å². The van der Waals surface area contributed by atoms with Crippen molar-refractivity contribution in [1.82, 2.24) is 0 Å². The largest absolute Gasteiger partial charge is 0.481 e. The number of esters is 1. The van der Waals surface area contributed by atoms with Gasteiger partial charge in [-0.05, 0) is 64.7 Å². The molecule has 0 aromatic rings. The van der Waals surface area contributed by atoms with Crippen LogP contribution < -0.4 is 0 Å². The summed E-state index contributed by atoms with van der Waals surface area (Å²) in [6.07, 6.45) is 3.27. The summed E-state index contributed by atoms with van der Waals surface area (Å²) >= 11 is 0. The van der Waals surface area contributed by atoms with Gasteiger partial charge < -0.3 is 19.3 Å². The van der Waals surface area contributed by atoms with Crippen LogP contribution in [0.2, 0.25) is 19.6 Å². The quantitative estimate of drug-likeness (QED) is 0.298. The van der Waals surface area contributed by atoms with Gasteiger partial charge in [-0.3, -0.25) is 9.59 Å². The van der Waals surface area contributed by atoms with Crippen molar-refractivity contribution >= 4 is 20.0 Å². The number of hydrogen-bond donors (Lipinski definition) is 1. The SMILES string of the molecule is C[C@@H]1CC[C@@H]([C@@H](CC(=O)OC(C)(C)C)C(=O)O)/C(=C/[Si](C)(C)C)[C@H]1CCC1(C)OCC(C)(C)CO1. The van der Waals surface area contributed by atoms with Gasteiger partial charge in [0.25, 0.3) is 0 Å². The van der Waals surface area contributed by atoms with Gasteiger partial charge in [-0.15, -0.1) is 0 Å². The highest BCUT2D eigenvalue weighted by Gasteiger charge is 2.43. The molecule has 2 fully saturated rings. The molecular formula is C28H50O6Si. The molecule has 1 saturated carbocycles. The van der Waals surface area contributed by atoms with E-state index in [1.807, 2.05) is 27.7 Å². The number of ether oxygens (including phenoxy) is 3. The minimum absolute atomic E-state index is 0.0159. The highest BCUT2D eigenvalue weighted by molar-refractivity contribution is 6.81. The lowest BCUT2D eigenvalue weighted by atomic mass is 9.65. The Bertz CT molecular complexity index is 778. The van der Waals surface area contributed by atoms with Gasteiger partial charge in [0.05, 0.1) is 33.6 Å². The molecule has 35 heavy (non-hydrogen) atoms. The lowest BCUT2D eigenvalue weighted by molar-refractivity contribution is -0.293. The van der Waals surface area contributed by atoms with Gasteiger partial charge in [0, 0.05) is 11.8 Å². The number of aliphatic carboxylic acids is 1.